The zero-order valence-corrected chi connectivity index (χ0v) is 7.84. The Morgan fingerprint density at radius 2 is 2.00 bits per heavy atom. The lowest BCUT2D eigenvalue weighted by Crippen LogP contribution is -2.33. The van der Waals surface area contributed by atoms with Gasteiger partial charge in [-0.25, -0.2) is 0 Å². The van der Waals surface area contributed by atoms with Gasteiger partial charge in [0.2, 0.25) is 11.6 Å². The van der Waals surface area contributed by atoms with Gasteiger partial charge < -0.3 is 9.95 Å². The lowest BCUT2D eigenvalue weighted by Gasteiger charge is -2.14. The normalized spacial score (nSPS) is 21.6. The number of Topliss-reactive ketones (excluding diaryl/α,β-unsaturated/α-hetero) is 2. The van der Waals surface area contributed by atoms with E-state index in [1.54, 1.807) is 12.1 Å². The highest BCUT2D eigenvalue weighted by Crippen LogP contribution is 2.28. The molecule has 15 heavy (non-hydrogen) atoms. The average Bonchev–Trinajstić information content (AvgIpc) is 2.69. The van der Waals surface area contributed by atoms with Crippen molar-refractivity contribution >= 4 is 17.3 Å². The Hall–Kier alpha value is -2.00. The van der Waals surface area contributed by atoms with E-state index < -0.39 is 11.6 Å². The van der Waals surface area contributed by atoms with Crippen molar-refractivity contribution in [3.8, 4) is 0 Å². The zero-order chi connectivity index (χ0) is 10.8. The molecule has 1 fully saturated rings. The van der Waals surface area contributed by atoms with Crippen molar-refractivity contribution in [2.45, 2.75) is 18.8 Å². The fourth-order valence-corrected chi connectivity index (χ4v) is 1.70. The molecule has 0 bridgehead atoms. The highest BCUT2D eigenvalue weighted by molar-refractivity contribution is 6.65. The Kier molecular flexibility index (Phi) is 2.31. The van der Waals surface area contributed by atoms with Crippen molar-refractivity contribution in [3.05, 3.63) is 29.7 Å². The van der Waals surface area contributed by atoms with Gasteiger partial charge in [0, 0.05) is 18.8 Å². The highest BCUT2D eigenvalue weighted by Gasteiger charge is 2.39. The van der Waals surface area contributed by atoms with Crippen molar-refractivity contribution in [2.24, 2.45) is 0 Å². The van der Waals surface area contributed by atoms with Crippen molar-refractivity contribution in [1.29, 1.82) is 0 Å². The molecule has 1 aromatic heterocycles. The second-order valence-corrected chi connectivity index (χ2v) is 3.42. The number of ketones is 2. The first-order valence-electron chi connectivity index (χ1n) is 4.54. The summed E-state index contributed by atoms with van der Waals surface area (Å²) in [5.41, 5.74) is 8.12. The predicted molar refractivity (Wildman–Crippen MR) is 49.3 cm³/mol. The molecule has 5 heteroatoms. The van der Waals surface area contributed by atoms with E-state index in [-0.39, 0.29) is 24.5 Å². The molecule has 0 aliphatic heterocycles. The zero-order valence-electron chi connectivity index (χ0n) is 7.84. The summed E-state index contributed by atoms with van der Waals surface area (Å²) in [6.07, 6.45) is 1.80. The summed E-state index contributed by atoms with van der Waals surface area (Å²) in [7, 11) is 0. The van der Waals surface area contributed by atoms with Gasteiger partial charge in [-0.15, -0.1) is 0 Å². The molecule has 0 spiro atoms. The minimum Gasteiger partial charge on any atom is -0.469 e. The third-order valence-electron chi connectivity index (χ3n) is 2.44. The summed E-state index contributed by atoms with van der Waals surface area (Å²) in [4.78, 5) is 25.5. The maximum absolute atomic E-state index is 11.4. The Bertz CT molecular complexity index is 435. The second kappa shape index (κ2) is 3.63. The maximum atomic E-state index is 11.4. The van der Waals surface area contributed by atoms with Crippen LogP contribution in [0.2, 0.25) is 0 Å². The topological polar surface area (TPSA) is 83.7 Å². The molecule has 5 nitrogen and oxygen atoms in total. The van der Waals surface area contributed by atoms with Crippen LogP contribution in [-0.4, -0.2) is 22.1 Å². The predicted octanol–water partition coefficient (Wildman–Crippen LogP) is 0.966. The molecule has 0 amide bonds. The van der Waals surface area contributed by atoms with Crippen LogP contribution in [0, 0.1) is 0 Å². The summed E-state index contributed by atoms with van der Waals surface area (Å²) in [6, 6.07) is 3.44. The minimum atomic E-state index is -0.435. The summed E-state index contributed by atoms with van der Waals surface area (Å²) in [5.74, 6) is -0.482. The molecule has 0 N–H and O–H groups in total. The Morgan fingerprint density at radius 1 is 1.33 bits per heavy atom. The SMILES string of the molecule is [N-]=[N+]=C1C(=O)CC(c2ccco2)CC1=O. The Labute approximate surface area is 85.3 Å². The van der Waals surface area contributed by atoms with Crippen LogP contribution in [0.4, 0.5) is 0 Å². The monoisotopic (exact) mass is 204 g/mol. The van der Waals surface area contributed by atoms with E-state index >= 15 is 0 Å². The number of carbonyl (C=O) groups is 2. The first kappa shape index (κ1) is 9.55. The lowest BCUT2D eigenvalue weighted by molar-refractivity contribution is -0.127. The fourth-order valence-electron chi connectivity index (χ4n) is 1.70. The maximum Gasteiger partial charge on any atom is 0.400 e. The third-order valence-corrected chi connectivity index (χ3v) is 2.44. The van der Waals surface area contributed by atoms with Gasteiger partial charge in [-0.3, -0.25) is 9.59 Å². The van der Waals surface area contributed by atoms with Crippen LogP contribution in [0.1, 0.15) is 24.5 Å². The van der Waals surface area contributed by atoms with Crippen molar-refractivity contribution in [2.75, 3.05) is 0 Å². The van der Waals surface area contributed by atoms with E-state index in [0.717, 1.165) is 0 Å². The molecule has 0 unspecified atom stereocenters. The average molecular weight is 204 g/mol. The van der Waals surface area contributed by atoms with Gasteiger partial charge in [-0.1, -0.05) is 0 Å². The van der Waals surface area contributed by atoms with E-state index in [1.807, 2.05) is 0 Å². The molecule has 76 valence electrons. The van der Waals surface area contributed by atoms with Crippen molar-refractivity contribution < 1.29 is 18.8 Å². The van der Waals surface area contributed by atoms with Gasteiger partial charge in [-0.2, -0.15) is 4.79 Å². The number of hydrogen-bond donors (Lipinski definition) is 0. The molecule has 1 aromatic rings. The Morgan fingerprint density at radius 3 is 2.47 bits per heavy atom. The van der Waals surface area contributed by atoms with E-state index in [1.165, 1.54) is 6.26 Å². The molecular formula is C10H8N2O3. The number of rotatable bonds is 1. The second-order valence-electron chi connectivity index (χ2n) is 3.42. The molecular weight excluding hydrogens is 196 g/mol. The molecule has 1 aliphatic rings. The van der Waals surface area contributed by atoms with Gasteiger partial charge >= 0.3 is 5.71 Å². The first-order valence-corrected chi connectivity index (χ1v) is 4.54. The van der Waals surface area contributed by atoms with Crippen LogP contribution in [-0.2, 0) is 9.59 Å². The smallest absolute Gasteiger partial charge is 0.400 e. The number of carbonyl (C=O) groups excluding carboxylic acids is 2. The number of nitrogens with zero attached hydrogens (tertiary/aromatic N) is 2. The molecule has 0 radical (unpaired) electrons. The van der Waals surface area contributed by atoms with E-state index in [9.17, 15) is 9.59 Å². The van der Waals surface area contributed by atoms with Gasteiger partial charge in [0.15, 0.2) is 0 Å². The van der Waals surface area contributed by atoms with Gasteiger partial charge in [0.05, 0.1) is 6.26 Å². The van der Waals surface area contributed by atoms with Crippen LogP contribution < -0.4 is 0 Å². The molecule has 1 saturated carbocycles. The van der Waals surface area contributed by atoms with Crippen LogP contribution in [0.15, 0.2) is 22.8 Å². The largest absolute Gasteiger partial charge is 0.469 e. The quantitative estimate of drug-likeness (QED) is 0.504. The molecule has 0 aromatic carbocycles. The molecule has 2 rings (SSSR count). The van der Waals surface area contributed by atoms with Gasteiger partial charge in [0.25, 0.3) is 0 Å². The first-order chi connectivity index (χ1) is 7.22. The van der Waals surface area contributed by atoms with E-state index in [0.29, 0.717) is 5.76 Å². The molecule has 1 heterocycles. The Balaban J connectivity index is 2.26. The van der Waals surface area contributed by atoms with Crippen molar-refractivity contribution in [3.63, 3.8) is 0 Å². The number of hydrogen-bond acceptors (Lipinski definition) is 3. The van der Waals surface area contributed by atoms with Crippen LogP contribution in [0.25, 0.3) is 5.53 Å². The summed E-state index contributed by atoms with van der Waals surface area (Å²) in [5, 5.41) is 0. The third kappa shape index (κ3) is 1.65. The summed E-state index contributed by atoms with van der Waals surface area (Å²) in [6.45, 7) is 0. The van der Waals surface area contributed by atoms with Crippen LogP contribution in [0.5, 0.6) is 0 Å². The van der Waals surface area contributed by atoms with Crippen molar-refractivity contribution in [1.82, 2.24) is 0 Å². The minimum absolute atomic E-state index is 0.151. The van der Waals surface area contributed by atoms with E-state index in [4.69, 9.17) is 9.95 Å². The van der Waals surface area contributed by atoms with E-state index in [2.05, 4.69) is 4.79 Å². The fraction of sp³-hybridized carbons (Fsp3) is 0.300. The van der Waals surface area contributed by atoms with Gasteiger partial charge in [-0.05, 0) is 12.1 Å². The summed E-state index contributed by atoms with van der Waals surface area (Å²) < 4.78 is 5.13. The standard InChI is InChI=1S/C10H8N2O3/c11-12-10-7(13)4-6(5-8(10)14)9-2-1-3-15-9/h1-3,6H,4-5H2. The van der Waals surface area contributed by atoms with Crippen LogP contribution >= 0.6 is 0 Å². The number of furan rings is 1. The molecule has 0 saturated heterocycles. The van der Waals surface area contributed by atoms with Crippen LogP contribution in [0.3, 0.4) is 0 Å². The molecule has 1 aliphatic carbocycles. The van der Waals surface area contributed by atoms with Gasteiger partial charge in [0.1, 0.15) is 5.76 Å². The molecule has 0 atom stereocenters. The highest BCUT2D eigenvalue weighted by atomic mass is 16.3. The lowest BCUT2D eigenvalue weighted by atomic mass is 9.84. The summed E-state index contributed by atoms with van der Waals surface area (Å²) >= 11 is 0.